The van der Waals surface area contributed by atoms with Crippen LogP contribution in [-0.2, 0) is 12.2 Å². The minimum absolute atomic E-state index is 0.0733. The second-order valence-electron chi connectivity index (χ2n) is 4.76. The summed E-state index contributed by atoms with van der Waals surface area (Å²) in [5.41, 5.74) is 9.04. The normalized spacial score (nSPS) is 15.8. The van der Waals surface area contributed by atoms with Gasteiger partial charge in [-0.05, 0) is 41.5 Å². The molecule has 0 fully saturated rings. The van der Waals surface area contributed by atoms with Gasteiger partial charge in [0, 0.05) is 20.0 Å². The Kier molecular flexibility index (Phi) is 4.40. The van der Waals surface area contributed by atoms with Crippen molar-refractivity contribution >= 4 is 39.0 Å². The summed E-state index contributed by atoms with van der Waals surface area (Å²) in [6.45, 7) is 0. The first kappa shape index (κ1) is 14.4. The van der Waals surface area contributed by atoms with E-state index in [1.165, 1.54) is 27.5 Å². The predicted molar refractivity (Wildman–Crippen MR) is 90.9 cm³/mol. The highest BCUT2D eigenvalue weighted by atomic mass is 79.9. The van der Waals surface area contributed by atoms with Crippen molar-refractivity contribution in [2.24, 2.45) is 5.73 Å². The number of nitrogens with two attached hydrogens (primary N) is 1. The number of thioether (sulfide) groups is 1. The Morgan fingerprint density at radius 1 is 1.35 bits per heavy atom. The van der Waals surface area contributed by atoms with Crippen molar-refractivity contribution in [1.29, 1.82) is 0 Å². The van der Waals surface area contributed by atoms with Crippen LogP contribution in [0, 0.1) is 0 Å². The molecule has 1 aliphatic rings. The zero-order chi connectivity index (χ0) is 14.1. The van der Waals surface area contributed by atoms with Crippen LogP contribution in [0.15, 0.2) is 28.7 Å². The fourth-order valence-corrected chi connectivity index (χ4v) is 5.37. The van der Waals surface area contributed by atoms with Gasteiger partial charge in [0.1, 0.15) is 5.75 Å². The van der Waals surface area contributed by atoms with Crippen LogP contribution in [0.2, 0.25) is 0 Å². The summed E-state index contributed by atoms with van der Waals surface area (Å²) in [5, 5.41) is 0. The summed E-state index contributed by atoms with van der Waals surface area (Å²) in [6, 6.07) is 8.19. The summed E-state index contributed by atoms with van der Waals surface area (Å²) in [6.07, 6.45) is 1.18. The first-order valence-electron chi connectivity index (χ1n) is 6.47. The van der Waals surface area contributed by atoms with Crippen molar-refractivity contribution in [3.8, 4) is 5.75 Å². The molecule has 2 heterocycles. The lowest BCUT2D eigenvalue weighted by Gasteiger charge is -2.13. The van der Waals surface area contributed by atoms with Gasteiger partial charge in [-0.25, -0.2) is 0 Å². The van der Waals surface area contributed by atoms with E-state index in [2.05, 4.69) is 22.0 Å². The Labute approximate surface area is 135 Å². The Morgan fingerprint density at radius 2 is 2.20 bits per heavy atom. The SMILES string of the molecule is COc1ccc(C(N)c2cc3c(s2)CCSC3)c(Br)c1. The number of thiophene rings is 1. The van der Waals surface area contributed by atoms with Crippen LogP contribution in [0.4, 0.5) is 0 Å². The van der Waals surface area contributed by atoms with E-state index in [1.54, 1.807) is 7.11 Å². The molecule has 0 amide bonds. The van der Waals surface area contributed by atoms with Crippen LogP contribution in [0.25, 0.3) is 0 Å². The maximum Gasteiger partial charge on any atom is 0.120 e. The van der Waals surface area contributed by atoms with Gasteiger partial charge in [-0.15, -0.1) is 11.3 Å². The van der Waals surface area contributed by atoms with Crippen molar-refractivity contribution in [3.05, 3.63) is 49.6 Å². The number of aryl methyl sites for hydroxylation is 1. The van der Waals surface area contributed by atoms with Gasteiger partial charge < -0.3 is 10.5 Å². The van der Waals surface area contributed by atoms with E-state index in [4.69, 9.17) is 10.5 Å². The molecule has 1 aliphatic heterocycles. The summed E-state index contributed by atoms with van der Waals surface area (Å²) in [5.74, 6) is 3.20. The second-order valence-corrected chi connectivity index (χ2v) is 7.89. The molecule has 2 nitrogen and oxygen atoms in total. The Morgan fingerprint density at radius 3 is 2.90 bits per heavy atom. The number of fused-ring (bicyclic) bond motifs is 1. The second kappa shape index (κ2) is 6.10. The van der Waals surface area contributed by atoms with E-state index in [0.29, 0.717) is 0 Å². The van der Waals surface area contributed by atoms with Crippen LogP contribution in [0.3, 0.4) is 0 Å². The van der Waals surface area contributed by atoms with Gasteiger partial charge in [-0.1, -0.05) is 22.0 Å². The fourth-order valence-electron chi connectivity index (χ4n) is 2.36. The van der Waals surface area contributed by atoms with Crippen LogP contribution < -0.4 is 10.5 Å². The molecule has 1 aromatic carbocycles. The summed E-state index contributed by atoms with van der Waals surface area (Å²) in [4.78, 5) is 2.77. The van der Waals surface area contributed by atoms with Gasteiger partial charge >= 0.3 is 0 Å². The molecule has 106 valence electrons. The minimum atomic E-state index is -0.0733. The number of rotatable bonds is 3. The Bertz CT molecular complexity index is 603. The molecule has 1 atom stereocenters. The van der Waals surface area contributed by atoms with Gasteiger partial charge in [0.05, 0.1) is 13.2 Å². The number of benzene rings is 1. The van der Waals surface area contributed by atoms with Crippen LogP contribution in [0.1, 0.15) is 26.9 Å². The highest BCUT2D eigenvalue weighted by Crippen LogP contribution is 2.37. The van der Waals surface area contributed by atoms with Crippen LogP contribution in [-0.4, -0.2) is 12.9 Å². The molecule has 2 aromatic rings. The molecule has 0 spiro atoms. The molecule has 0 saturated carbocycles. The highest BCUT2D eigenvalue weighted by Gasteiger charge is 2.19. The van der Waals surface area contributed by atoms with Crippen LogP contribution >= 0.6 is 39.0 Å². The predicted octanol–water partition coefficient (Wildman–Crippen LogP) is 4.36. The number of hydrogen-bond donors (Lipinski definition) is 1. The van der Waals surface area contributed by atoms with Gasteiger partial charge in [0.25, 0.3) is 0 Å². The molecule has 2 N–H and O–H groups in total. The molecule has 0 saturated heterocycles. The maximum atomic E-state index is 6.45. The Balaban J connectivity index is 1.92. The van der Waals surface area contributed by atoms with E-state index in [1.807, 2.05) is 41.3 Å². The molecule has 20 heavy (non-hydrogen) atoms. The molecule has 0 bridgehead atoms. The molecule has 5 heteroatoms. The van der Waals surface area contributed by atoms with E-state index in [-0.39, 0.29) is 6.04 Å². The maximum absolute atomic E-state index is 6.45. The molecule has 3 rings (SSSR count). The average Bonchev–Trinajstić information content (AvgIpc) is 2.90. The molecule has 0 radical (unpaired) electrons. The lowest BCUT2D eigenvalue weighted by atomic mass is 10.1. The van der Waals surface area contributed by atoms with Crippen molar-refractivity contribution < 1.29 is 4.74 Å². The monoisotopic (exact) mass is 369 g/mol. The summed E-state index contributed by atoms with van der Waals surface area (Å²) in [7, 11) is 1.67. The third-order valence-corrected chi connectivity index (χ3v) is 6.51. The fraction of sp³-hybridized carbons (Fsp3) is 0.333. The Hall–Kier alpha value is -0.490. The van der Waals surface area contributed by atoms with Crippen molar-refractivity contribution in [1.82, 2.24) is 0 Å². The standard InChI is InChI=1S/C15H16BrNOS2/c1-18-10-2-3-11(12(16)7-10)15(17)14-6-9-8-19-5-4-13(9)20-14/h2-3,6-7,15H,4-5,8,17H2,1H3. The number of halogens is 1. The number of hydrogen-bond acceptors (Lipinski definition) is 4. The topological polar surface area (TPSA) is 35.2 Å². The zero-order valence-corrected chi connectivity index (χ0v) is 14.4. The summed E-state index contributed by atoms with van der Waals surface area (Å²) >= 11 is 7.47. The first-order chi connectivity index (χ1) is 9.69. The average molecular weight is 370 g/mol. The molecular formula is C15H16BrNOS2. The van der Waals surface area contributed by atoms with Crippen molar-refractivity contribution in [3.63, 3.8) is 0 Å². The van der Waals surface area contributed by atoms with E-state index in [9.17, 15) is 0 Å². The van der Waals surface area contributed by atoms with E-state index < -0.39 is 0 Å². The molecule has 1 unspecified atom stereocenters. The highest BCUT2D eigenvalue weighted by molar-refractivity contribution is 9.10. The number of ether oxygens (including phenoxy) is 1. The van der Waals surface area contributed by atoms with Gasteiger partial charge in [0.15, 0.2) is 0 Å². The van der Waals surface area contributed by atoms with E-state index >= 15 is 0 Å². The van der Waals surface area contributed by atoms with Crippen molar-refractivity contribution in [2.45, 2.75) is 18.2 Å². The van der Waals surface area contributed by atoms with Crippen LogP contribution in [0.5, 0.6) is 5.75 Å². The van der Waals surface area contributed by atoms with Gasteiger partial charge in [-0.3, -0.25) is 0 Å². The van der Waals surface area contributed by atoms with Crippen molar-refractivity contribution in [2.75, 3.05) is 12.9 Å². The summed E-state index contributed by atoms with van der Waals surface area (Å²) < 4.78 is 6.24. The lowest BCUT2D eigenvalue weighted by Crippen LogP contribution is -2.11. The first-order valence-corrected chi connectivity index (χ1v) is 9.23. The molecule has 0 aliphatic carbocycles. The number of methoxy groups -OCH3 is 1. The minimum Gasteiger partial charge on any atom is -0.497 e. The largest absolute Gasteiger partial charge is 0.497 e. The third kappa shape index (κ3) is 2.77. The lowest BCUT2D eigenvalue weighted by molar-refractivity contribution is 0.414. The van der Waals surface area contributed by atoms with Gasteiger partial charge in [0.2, 0.25) is 0 Å². The molecular weight excluding hydrogens is 354 g/mol. The molecule has 1 aromatic heterocycles. The van der Waals surface area contributed by atoms with E-state index in [0.717, 1.165) is 21.5 Å². The third-order valence-electron chi connectivity index (χ3n) is 3.50. The zero-order valence-electron chi connectivity index (χ0n) is 11.2. The quantitative estimate of drug-likeness (QED) is 0.872. The smallest absolute Gasteiger partial charge is 0.120 e. The van der Waals surface area contributed by atoms with Gasteiger partial charge in [-0.2, -0.15) is 11.8 Å².